The van der Waals surface area contributed by atoms with Crippen molar-refractivity contribution in [3.63, 3.8) is 0 Å². The fraction of sp³-hybridized carbons (Fsp3) is 0.0714. The summed E-state index contributed by atoms with van der Waals surface area (Å²) < 4.78 is 13.2. The van der Waals surface area contributed by atoms with Crippen molar-refractivity contribution >= 4 is 62.7 Å². The average molecular weight is 579 g/mol. The van der Waals surface area contributed by atoms with Gasteiger partial charge >= 0.3 is 5.97 Å². The van der Waals surface area contributed by atoms with Crippen molar-refractivity contribution in [2.45, 2.75) is 6.54 Å². The van der Waals surface area contributed by atoms with E-state index >= 15 is 0 Å². The van der Waals surface area contributed by atoms with E-state index in [0.717, 1.165) is 15.6 Å². The van der Waals surface area contributed by atoms with Crippen molar-refractivity contribution in [1.29, 1.82) is 0 Å². The maximum Gasteiger partial charge on any atom is 0.355 e. The summed E-state index contributed by atoms with van der Waals surface area (Å²) in [7, 11) is 1.58. The minimum Gasteiger partial charge on any atom is -0.497 e. The highest BCUT2D eigenvalue weighted by Crippen LogP contribution is 2.37. The number of ether oxygens (including phenoxy) is 2. The number of nitrogens with zero attached hydrogens (tertiary/aromatic N) is 3. The maximum atomic E-state index is 12.7. The van der Waals surface area contributed by atoms with E-state index in [1.165, 1.54) is 17.6 Å². The lowest BCUT2D eigenvalue weighted by atomic mass is 10.2. The highest BCUT2D eigenvalue weighted by molar-refractivity contribution is 7.21. The smallest absolute Gasteiger partial charge is 0.355 e. The standard InChI is InChI=1S/C28H20Cl2N4O4S/c1-37-21-10-11-22-24(14-21)39-26(25(22)30)28(36)38-20-8-4-17(5-9-20)15-31-32-27(35)23-12-13-34(33-23)16-18-2-6-19(29)7-3-18/h2-15H,16H2,1H3,(H,32,35)/b31-15-. The fourth-order valence-electron chi connectivity index (χ4n) is 3.65. The number of benzene rings is 3. The van der Waals surface area contributed by atoms with Crippen molar-refractivity contribution in [1.82, 2.24) is 15.2 Å². The Morgan fingerprint density at radius 3 is 2.51 bits per heavy atom. The molecule has 0 aliphatic rings. The summed E-state index contributed by atoms with van der Waals surface area (Å²) in [6, 6.07) is 21.1. The highest BCUT2D eigenvalue weighted by atomic mass is 35.5. The van der Waals surface area contributed by atoms with Gasteiger partial charge in [-0.1, -0.05) is 35.3 Å². The van der Waals surface area contributed by atoms with E-state index in [0.29, 0.717) is 38.5 Å². The van der Waals surface area contributed by atoms with E-state index in [2.05, 4.69) is 15.6 Å². The molecule has 0 saturated heterocycles. The van der Waals surface area contributed by atoms with Crippen molar-refractivity contribution < 1.29 is 19.1 Å². The first-order valence-corrected chi connectivity index (χ1v) is 13.2. The number of carbonyl (C=O) groups excluding carboxylic acids is 2. The zero-order valence-corrected chi connectivity index (χ0v) is 22.8. The number of rotatable bonds is 8. The van der Waals surface area contributed by atoms with Gasteiger partial charge in [-0.05, 0) is 71.8 Å². The number of hydrogen-bond acceptors (Lipinski definition) is 7. The third kappa shape index (κ3) is 6.28. The van der Waals surface area contributed by atoms with Gasteiger partial charge in [0.05, 0.1) is 24.9 Å². The maximum absolute atomic E-state index is 12.7. The predicted molar refractivity (Wildman–Crippen MR) is 153 cm³/mol. The van der Waals surface area contributed by atoms with Crippen LogP contribution in [0.5, 0.6) is 11.5 Å². The van der Waals surface area contributed by atoms with Crippen molar-refractivity contribution in [3.05, 3.63) is 111 Å². The molecule has 0 spiro atoms. The van der Waals surface area contributed by atoms with Crippen LogP contribution in [0.3, 0.4) is 0 Å². The first-order chi connectivity index (χ1) is 18.9. The van der Waals surface area contributed by atoms with Crippen LogP contribution in [0.15, 0.2) is 84.1 Å². The van der Waals surface area contributed by atoms with Crippen molar-refractivity contribution in [2.24, 2.45) is 5.10 Å². The first-order valence-electron chi connectivity index (χ1n) is 11.6. The average Bonchev–Trinajstić information content (AvgIpc) is 3.55. The summed E-state index contributed by atoms with van der Waals surface area (Å²) in [4.78, 5) is 25.4. The van der Waals surface area contributed by atoms with E-state index in [1.54, 1.807) is 66.5 Å². The molecule has 0 bridgehead atoms. The number of thiophene rings is 1. The van der Waals surface area contributed by atoms with Gasteiger partial charge < -0.3 is 9.47 Å². The molecule has 0 aliphatic heterocycles. The Kier molecular flexibility index (Phi) is 7.92. The van der Waals surface area contributed by atoms with Gasteiger partial charge in [0.2, 0.25) is 0 Å². The Bertz CT molecular complexity index is 1680. The van der Waals surface area contributed by atoms with Gasteiger partial charge in [0.15, 0.2) is 5.69 Å². The zero-order valence-electron chi connectivity index (χ0n) is 20.4. The molecule has 0 atom stereocenters. The topological polar surface area (TPSA) is 94.8 Å². The van der Waals surface area contributed by atoms with E-state index in [4.69, 9.17) is 32.7 Å². The number of esters is 1. The zero-order chi connectivity index (χ0) is 27.4. The largest absolute Gasteiger partial charge is 0.497 e. The summed E-state index contributed by atoms with van der Waals surface area (Å²) in [5, 5.41) is 10.0. The fourth-order valence-corrected chi connectivity index (χ4v) is 5.19. The highest BCUT2D eigenvalue weighted by Gasteiger charge is 2.19. The number of aromatic nitrogens is 2. The van der Waals surface area contributed by atoms with E-state index in [-0.39, 0.29) is 5.69 Å². The summed E-state index contributed by atoms with van der Waals surface area (Å²) in [6.45, 7) is 0.508. The molecule has 1 amide bonds. The summed E-state index contributed by atoms with van der Waals surface area (Å²) in [5.74, 6) is 0.0324. The van der Waals surface area contributed by atoms with Gasteiger partial charge in [-0.3, -0.25) is 9.48 Å². The summed E-state index contributed by atoms with van der Waals surface area (Å²) in [6.07, 6.45) is 3.19. The molecule has 2 heterocycles. The van der Waals surface area contributed by atoms with Crippen LogP contribution < -0.4 is 14.9 Å². The minimum absolute atomic E-state index is 0.238. The van der Waals surface area contributed by atoms with E-state index < -0.39 is 11.9 Å². The number of hydrogen-bond donors (Lipinski definition) is 1. The second-order valence-electron chi connectivity index (χ2n) is 8.29. The predicted octanol–water partition coefficient (Wildman–Crippen LogP) is 6.44. The van der Waals surface area contributed by atoms with Gasteiger partial charge in [-0.2, -0.15) is 10.2 Å². The van der Waals surface area contributed by atoms with Crippen LogP contribution in [0.4, 0.5) is 0 Å². The molecule has 8 nitrogen and oxygen atoms in total. The Hall–Kier alpha value is -4.18. The molecule has 0 fully saturated rings. The van der Waals surface area contributed by atoms with Crippen LogP contribution in [-0.2, 0) is 6.54 Å². The van der Waals surface area contributed by atoms with Crippen LogP contribution in [-0.4, -0.2) is 35.0 Å². The molecule has 196 valence electrons. The normalized spacial score (nSPS) is 11.2. The Labute approximate surface area is 237 Å². The number of carbonyl (C=O) groups is 2. The van der Waals surface area contributed by atoms with E-state index in [1.807, 2.05) is 24.3 Å². The number of fused-ring (bicyclic) bond motifs is 1. The molecular weight excluding hydrogens is 559 g/mol. The SMILES string of the molecule is COc1ccc2c(Cl)c(C(=O)Oc3ccc(/C=N\NC(=O)c4ccn(Cc5ccc(Cl)cc5)n4)cc3)sc2c1. The van der Waals surface area contributed by atoms with Crippen LogP contribution >= 0.6 is 34.5 Å². The van der Waals surface area contributed by atoms with E-state index in [9.17, 15) is 9.59 Å². The number of methoxy groups -OCH3 is 1. The molecule has 2 aromatic heterocycles. The van der Waals surface area contributed by atoms with Crippen molar-refractivity contribution in [2.75, 3.05) is 7.11 Å². The molecule has 5 aromatic rings. The minimum atomic E-state index is -0.552. The van der Waals surface area contributed by atoms with Crippen LogP contribution in [0.25, 0.3) is 10.1 Å². The quantitative estimate of drug-likeness (QED) is 0.0988. The second-order valence-corrected chi connectivity index (χ2v) is 10.2. The van der Waals surface area contributed by atoms with Gasteiger partial charge in [-0.15, -0.1) is 11.3 Å². The molecule has 0 radical (unpaired) electrons. The first kappa shape index (κ1) is 26.4. The number of nitrogens with one attached hydrogen (secondary N) is 1. The third-order valence-electron chi connectivity index (χ3n) is 5.62. The van der Waals surface area contributed by atoms with Gasteiger partial charge in [0, 0.05) is 21.3 Å². The van der Waals surface area contributed by atoms with Crippen LogP contribution in [0.2, 0.25) is 10.0 Å². The number of hydrazone groups is 1. The lowest BCUT2D eigenvalue weighted by Crippen LogP contribution is -2.18. The van der Waals surface area contributed by atoms with Gasteiger partial charge in [0.1, 0.15) is 16.4 Å². The lowest BCUT2D eigenvalue weighted by molar-refractivity contribution is 0.0739. The second kappa shape index (κ2) is 11.7. The lowest BCUT2D eigenvalue weighted by Gasteiger charge is -2.03. The molecule has 0 aliphatic carbocycles. The molecular formula is C28H20Cl2N4O4S. The van der Waals surface area contributed by atoms with Crippen LogP contribution in [0.1, 0.15) is 31.3 Å². The van der Waals surface area contributed by atoms with Gasteiger partial charge in [0.25, 0.3) is 5.91 Å². The monoisotopic (exact) mass is 578 g/mol. The molecule has 39 heavy (non-hydrogen) atoms. The van der Waals surface area contributed by atoms with Crippen LogP contribution in [0, 0.1) is 0 Å². The Morgan fingerprint density at radius 1 is 1.03 bits per heavy atom. The van der Waals surface area contributed by atoms with Gasteiger partial charge in [-0.25, -0.2) is 10.2 Å². The number of halogens is 2. The summed E-state index contributed by atoms with van der Waals surface area (Å²) >= 11 is 13.6. The number of amides is 1. The third-order valence-corrected chi connectivity index (χ3v) is 7.51. The molecule has 0 unspecified atom stereocenters. The molecule has 5 rings (SSSR count). The molecule has 0 saturated carbocycles. The Balaban J connectivity index is 1.16. The summed E-state index contributed by atoms with van der Waals surface area (Å²) in [5.41, 5.74) is 4.39. The molecule has 11 heteroatoms. The molecule has 3 aromatic carbocycles. The molecule has 1 N–H and O–H groups in total. The Morgan fingerprint density at radius 2 is 1.77 bits per heavy atom. The van der Waals surface area contributed by atoms with Crippen molar-refractivity contribution in [3.8, 4) is 11.5 Å².